The van der Waals surface area contributed by atoms with E-state index in [1.807, 2.05) is 54.6 Å². The van der Waals surface area contributed by atoms with Gasteiger partial charge in [0, 0.05) is 5.56 Å². The van der Waals surface area contributed by atoms with Crippen molar-refractivity contribution in [2.24, 2.45) is 0 Å². The molecule has 0 atom stereocenters. The summed E-state index contributed by atoms with van der Waals surface area (Å²) in [5.74, 6) is 0. The second-order valence-corrected chi connectivity index (χ2v) is 4.06. The summed E-state index contributed by atoms with van der Waals surface area (Å²) in [6.07, 6.45) is 0. The summed E-state index contributed by atoms with van der Waals surface area (Å²) >= 11 is 0. The van der Waals surface area contributed by atoms with Crippen LogP contribution in [0.3, 0.4) is 0 Å². The number of nitrogens with one attached hydrogen (secondary N) is 1. The van der Waals surface area contributed by atoms with Crippen molar-refractivity contribution in [3.05, 3.63) is 60.3 Å². The fraction of sp³-hybridized carbons (Fsp3) is 0. The Morgan fingerprint density at radius 2 is 1.58 bits per heavy atom. The number of hydrogen-bond donors (Lipinski definition) is 1. The van der Waals surface area contributed by atoms with E-state index < -0.39 is 0 Å². The van der Waals surface area contributed by atoms with Crippen LogP contribution in [-0.2, 0) is 0 Å². The number of nitrogens with zero attached hydrogens (tertiary/aromatic N) is 3. The summed E-state index contributed by atoms with van der Waals surface area (Å²) in [6.45, 7) is 0. The Morgan fingerprint density at radius 3 is 2.32 bits per heavy atom. The van der Waals surface area contributed by atoms with Gasteiger partial charge in [-0.05, 0) is 11.1 Å². The van der Waals surface area contributed by atoms with Crippen molar-refractivity contribution >= 4 is 0 Å². The first-order valence-electron chi connectivity index (χ1n) is 5.86. The summed E-state index contributed by atoms with van der Waals surface area (Å²) < 4.78 is 0. The fourth-order valence-corrected chi connectivity index (χ4v) is 2.05. The van der Waals surface area contributed by atoms with Gasteiger partial charge in [-0.2, -0.15) is 5.26 Å². The van der Waals surface area contributed by atoms with Gasteiger partial charge in [-0.1, -0.05) is 59.8 Å². The van der Waals surface area contributed by atoms with Crippen molar-refractivity contribution in [2.45, 2.75) is 0 Å². The molecule has 1 aromatic heterocycles. The monoisotopic (exact) mass is 246 g/mol. The minimum absolute atomic E-state index is 0.378. The molecule has 3 aromatic rings. The van der Waals surface area contributed by atoms with Crippen LogP contribution in [0.25, 0.3) is 22.4 Å². The van der Waals surface area contributed by atoms with Gasteiger partial charge >= 0.3 is 0 Å². The van der Waals surface area contributed by atoms with Gasteiger partial charge in [0.25, 0.3) is 0 Å². The lowest BCUT2D eigenvalue weighted by Gasteiger charge is -2.07. The summed E-state index contributed by atoms with van der Waals surface area (Å²) in [7, 11) is 0. The summed E-state index contributed by atoms with van der Waals surface area (Å²) in [6, 6.07) is 19.9. The van der Waals surface area contributed by atoms with E-state index in [-0.39, 0.29) is 0 Å². The van der Waals surface area contributed by atoms with Gasteiger partial charge in [-0.15, -0.1) is 5.10 Å². The summed E-state index contributed by atoms with van der Waals surface area (Å²) in [5, 5.41) is 19.4. The minimum Gasteiger partial charge on any atom is -0.247 e. The molecule has 19 heavy (non-hydrogen) atoms. The van der Waals surface area contributed by atoms with Crippen LogP contribution in [0, 0.1) is 11.3 Å². The molecule has 0 bridgehead atoms. The molecule has 2 aromatic carbocycles. The minimum atomic E-state index is 0.378. The molecule has 0 aliphatic heterocycles. The molecule has 0 radical (unpaired) electrons. The molecule has 0 spiro atoms. The van der Waals surface area contributed by atoms with E-state index in [0.717, 1.165) is 16.7 Å². The van der Waals surface area contributed by atoms with Crippen molar-refractivity contribution in [1.29, 1.82) is 5.26 Å². The van der Waals surface area contributed by atoms with Gasteiger partial charge in [0.05, 0.1) is 0 Å². The molecule has 0 unspecified atom stereocenters. The third kappa shape index (κ3) is 1.98. The Kier molecular flexibility index (Phi) is 2.79. The molecule has 1 heterocycles. The lowest BCUT2D eigenvalue weighted by Crippen LogP contribution is -1.87. The predicted molar refractivity (Wildman–Crippen MR) is 72.0 cm³/mol. The Hall–Kier alpha value is -2.93. The molecular formula is C15H10N4. The van der Waals surface area contributed by atoms with Crippen LogP contribution in [0.2, 0.25) is 0 Å². The standard InChI is InChI=1S/C15H10N4/c16-10-14-15(18-19-17-14)13-9-5-4-8-12(13)11-6-2-1-3-7-11/h1-9H,(H,17,18,19). The fourth-order valence-electron chi connectivity index (χ4n) is 2.05. The van der Waals surface area contributed by atoms with E-state index in [0.29, 0.717) is 11.4 Å². The molecule has 0 aliphatic carbocycles. The van der Waals surface area contributed by atoms with Gasteiger partial charge in [-0.3, -0.25) is 0 Å². The van der Waals surface area contributed by atoms with Crippen LogP contribution >= 0.6 is 0 Å². The second kappa shape index (κ2) is 4.75. The van der Waals surface area contributed by atoms with E-state index in [4.69, 9.17) is 5.26 Å². The van der Waals surface area contributed by atoms with Crippen LogP contribution in [0.4, 0.5) is 0 Å². The molecule has 4 heteroatoms. The van der Waals surface area contributed by atoms with Gasteiger partial charge in [-0.25, -0.2) is 5.10 Å². The third-order valence-electron chi connectivity index (χ3n) is 2.93. The van der Waals surface area contributed by atoms with E-state index in [1.165, 1.54) is 0 Å². The molecule has 3 rings (SSSR count). The highest BCUT2D eigenvalue weighted by Gasteiger charge is 2.13. The highest BCUT2D eigenvalue weighted by molar-refractivity contribution is 5.83. The largest absolute Gasteiger partial charge is 0.247 e. The molecule has 0 saturated heterocycles. The highest BCUT2D eigenvalue weighted by atomic mass is 15.3. The van der Waals surface area contributed by atoms with E-state index >= 15 is 0 Å². The Labute approximate surface area is 110 Å². The van der Waals surface area contributed by atoms with Crippen molar-refractivity contribution in [1.82, 2.24) is 15.4 Å². The quantitative estimate of drug-likeness (QED) is 0.755. The van der Waals surface area contributed by atoms with Gasteiger partial charge in [0.15, 0.2) is 5.69 Å². The predicted octanol–water partition coefficient (Wildman–Crippen LogP) is 3.01. The molecule has 90 valence electrons. The number of aromatic amines is 1. The molecular weight excluding hydrogens is 236 g/mol. The van der Waals surface area contributed by atoms with Crippen molar-refractivity contribution in [2.75, 3.05) is 0 Å². The van der Waals surface area contributed by atoms with Crippen LogP contribution in [0.1, 0.15) is 5.69 Å². The van der Waals surface area contributed by atoms with Crippen molar-refractivity contribution in [3.63, 3.8) is 0 Å². The number of aromatic nitrogens is 3. The zero-order chi connectivity index (χ0) is 13.1. The lowest BCUT2D eigenvalue weighted by atomic mass is 9.97. The van der Waals surface area contributed by atoms with Crippen molar-refractivity contribution < 1.29 is 0 Å². The number of nitriles is 1. The maximum absolute atomic E-state index is 9.07. The number of hydrogen-bond acceptors (Lipinski definition) is 3. The summed E-state index contributed by atoms with van der Waals surface area (Å²) in [4.78, 5) is 0. The highest BCUT2D eigenvalue weighted by Crippen LogP contribution is 2.31. The van der Waals surface area contributed by atoms with E-state index in [2.05, 4.69) is 21.5 Å². The molecule has 1 N–H and O–H groups in total. The number of benzene rings is 2. The molecule has 0 saturated carbocycles. The van der Waals surface area contributed by atoms with Crippen LogP contribution in [0.15, 0.2) is 54.6 Å². The SMILES string of the molecule is N#Cc1[nH]nnc1-c1ccccc1-c1ccccc1. The van der Waals surface area contributed by atoms with E-state index in [1.54, 1.807) is 0 Å². The van der Waals surface area contributed by atoms with Crippen LogP contribution in [0.5, 0.6) is 0 Å². The summed E-state index contributed by atoms with van der Waals surface area (Å²) in [5.41, 5.74) is 3.99. The Balaban J connectivity index is 2.22. The zero-order valence-electron chi connectivity index (χ0n) is 10.0. The number of rotatable bonds is 2. The molecule has 0 amide bonds. The topological polar surface area (TPSA) is 65.4 Å². The first-order chi connectivity index (χ1) is 9.40. The van der Waals surface area contributed by atoms with Crippen molar-refractivity contribution in [3.8, 4) is 28.5 Å². The molecule has 0 aliphatic rings. The first-order valence-corrected chi connectivity index (χ1v) is 5.86. The Morgan fingerprint density at radius 1 is 0.895 bits per heavy atom. The Bertz CT molecular complexity index is 738. The average Bonchev–Trinajstić information content (AvgIpc) is 2.96. The van der Waals surface area contributed by atoms with Crippen LogP contribution < -0.4 is 0 Å². The second-order valence-electron chi connectivity index (χ2n) is 4.06. The maximum atomic E-state index is 9.07. The average molecular weight is 246 g/mol. The zero-order valence-corrected chi connectivity index (χ0v) is 10.0. The molecule has 4 nitrogen and oxygen atoms in total. The van der Waals surface area contributed by atoms with E-state index in [9.17, 15) is 0 Å². The third-order valence-corrected chi connectivity index (χ3v) is 2.93. The molecule has 0 fully saturated rings. The maximum Gasteiger partial charge on any atom is 0.163 e. The van der Waals surface area contributed by atoms with Gasteiger partial charge in [0.1, 0.15) is 11.8 Å². The lowest BCUT2D eigenvalue weighted by molar-refractivity contribution is 0.937. The van der Waals surface area contributed by atoms with Gasteiger partial charge < -0.3 is 0 Å². The number of H-pyrrole nitrogens is 1. The van der Waals surface area contributed by atoms with Crippen LogP contribution in [-0.4, -0.2) is 15.4 Å². The van der Waals surface area contributed by atoms with Gasteiger partial charge in [0.2, 0.25) is 0 Å². The normalized spacial score (nSPS) is 10.1. The first kappa shape index (κ1) is 11.2. The smallest absolute Gasteiger partial charge is 0.163 e.